The van der Waals surface area contributed by atoms with Crippen LogP contribution in [0.2, 0.25) is 0 Å². The van der Waals surface area contributed by atoms with Gasteiger partial charge >= 0.3 is 0 Å². The molecule has 3 heterocycles. The maximum atomic E-state index is 6.10. The van der Waals surface area contributed by atoms with E-state index in [0.29, 0.717) is 11.8 Å². The Hall–Kier alpha value is -1.72. The second-order valence-electron chi connectivity index (χ2n) is 8.07. The van der Waals surface area contributed by atoms with Crippen molar-refractivity contribution in [2.75, 3.05) is 46.9 Å². The SMILES string of the molecule is CN1CCC(COc2ccc3c(C4CCN(C)CC4)ncnc3c2)CC1. The monoisotopic (exact) mass is 354 g/mol. The highest BCUT2D eigenvalue weighted by Gasteiger charge is 2.22. The summed E-state index contributed by atoms with van der Waals surface area (Å²) in [6, 6.07) is 6.34. The van der Waals surface area contributed by atoms with Crippen LogP contribution in [0.25, 0.3) is 10.9 Å². The first-order valence-corrected chi connectivity index (χ1v) is 9.93. The summed E-state index contributed by atoms with van der Waals surface area (Å²) in [7, 11) is 4.39. The third-order valence-electron chi connectivity index (χ3n) is 6.07. The van der Waals surface area contributed by atoms with E-state index < -0.39 is 0 Å². The average Bonchev–Trinajstić information content (AvgIpc) is 2.67. The molecule has 0 unspecified atom stereocenters. The summed E-state index contributed by atoms with van der Waals surface area (Å²) in [6.07, 6.45) is 6.53. The predicted octanol–water partition coefficient (Wildman–Crippen LogP) is 3.16. The zero-order valence-electron chi connectivity index (χ0n) is 16.0. The largest absolute Gasteiger partial charge is 0.493 e. The summed E-state index contributed by atoms with van der Waals surface area (Å²) in [5.74, 6) is 2.15. The van der Waals surface area contributed by atoms with Crippen molar-refractivity contribution in [2.24, 2.45) is 5.92 Å². The van der Waals surface area contributed by atoms with Crippen molar-refractivity contribution in [1.29, 1.82) is 0 Å². The molecule has 1 aromatic carbocycles. The van der Waals surface area contributed by atoms with E-state index in [-0.39, 0.29) is 0 Å². The number of fused-ring (bicyclic) bond motifs is 1. The van der Waals surface area contributed by atoms with E-state index in [4.69, 9.17) is 4.74 Å². The van der Waals surface area contributed by atoms with Crippen LogP contribution in [0.4, 0.5) is 0 Å². The summed E-state index contributed by atoms with van der Waals surface area (Å²) < 4.78 is 6.10. The fraction of sp³-hybridized carbons (Fsp3) is 0.619. The number of piperidine rings is 2. The molecule has 0 atom stereocenters. The molecule has 5 nitrogen and oxygen atoms in total. The molecule has 0 saturated carbocycles. The fourth-order valence-corrected chi connectivity index (χ4v) is 4.20. The van der Waals surface area contributed by atoms with Crippen LogP contribution in [0, 0.1) is 5.92 Å². The number of likely N-dealkylation sites (tertiary alicyclic amines) is 2. The van der Waals surface area contributed by atoms with Gasteiger partial charge in [-0.25, -0.2) is 9.97 Å². The van der Waals surface area contributed by atoms with Crippen LogP contribution in [0.1, 0.15) is 37.3 Å². The first kappa shape index (κ1) is 17.7. The highest BCUT2D eigenvalue weighted by atomic mass is 16.5. The second-order valence-corrected chi connectivity index (χ2v) is 8.07. The lowest BCUT2D eigenvalue weighted by Gasteiger charge is -2.29. The third kappa shape index (κ3) is 3.99. The Morgan fingerprint density at radius 2 is 1.65 bits per heavy atom. The zero-order valence-corrected chi connectivity index (χ0v) is 16.0. The standard InChI is InChI=1S/C21H30N4O/c1-24-9-5-16(6-10-24)14-26-18-3-4-19-20(13-18)22-15-23-21(19)17-7-11-25(2)12-8-17/h3-4,13,15-17H,5-12,14H2,1-2H3. The number of ether oxygens (including phenoxy) is 1. The van der Waals surface area contributed by atoms with Crippen LogP contribution >= 0.6 is 0 Å². The van der Waals surface area contributed by atoms with Gasteiger partial charge in [0.25, 0.3) is 0 Å². The van der Waals surface area contributed by atoms with Gasteiger partial charge in [0.15, 0.2) is 0 Å². The highest BCUT2D eigenvalue weighted by molar-refractivity contribution is 5.82. The van der Waals surface area contributed by atoms with E-state index >= 15 is 0 Å². The maximum absolute atomic E-state index is 6.10. The van der Waals surface area contributed by atoms with Gasteiger partial charge in [0, 0.05) is 17.4 Å². The topological polar surface area (TPSA) is 41.5 Å². The second kappa shape index (κ2) is 7.89. The minimum absolute atomic E-state index is 0.544. The minimum Gasteiger partial charge on any atom is -0.493 e. The molecule has 2 fully saturated rings. The summed E-state index contributed by atoms with van der Waals surface area (Å²) in [4.78, 5) is 13.9. The summed E-state index contributed by atoms with van der Waals surface area (Å²) >= 11 is 0. The smallest absolute Gasteiger partial charge is 0.121 e. The Balaban J connectivity index is 1.46. The van der Waals surface area contributed by atoms with Gasteiger partial charge in [-0.3, -0.25) is 0 Å². The molecule has 2 aliphatic heterocycles. The molecule has 0 aliphatic carbocycles. The lowest BCUT2D eigenvalue weighted by atomic mass is 9.91. The van der Waals surface area contributed by atoms with Gasteiger partial charge in [0.2, 0.25) is 0 Å². The van der Waals surface area contributed by atoms with Crippen LogP contribution in [0.3, 0.4) is 0 Å². The van der Waals surface area contributed by atoms with Gasteiger partial charge in [-0.15, -0.1) is 0 Å². The number of rotatable bonds is 4. The summed E-state index contributed by atoms with van der Waals surface area (Å²) in [5, 5.41) is 1.19. The molecule has 0 bridgehead atoms. The van der Waals surface area contributed by atoms with Crippen LogP contribution < -0.4 is 4.74 Å². The molecule has 0 radical (unpaired) electrons. The van der Waals surface area contributed by atoms with Crippen LogP contribution in [-0.2, 0) is 0 Å². The normalized spacial score (nSPS) is 21.3. The molecule has 2 aromatic rings. The highest BCUT2D eigenvalue weighted by Crippen LogP contribution is 2.32. The molecule has 5 heteroatoms. The van der Waals surface area contributed by atoms with Gasteiger partial charge in [-0.05, 0) is 84.0 Å². The summed E-state index contributed by atoms with van der Waals surface area (Å²) in [6.45, 7) is 5.46. The Bertz CT molecular complexity index is 734. The molecular weight excluding hydrogens is 324 g/mol. The Morgan fingerprint density at radius 1 is 0.962 bits per heavy atom. The van der Waals surface area contributed by atoms with Gasteiger partial charge in [0.05, 0.1) is 17.8 Å². The molecule has 0 N–H and O–H groups in total. The van der Waals surface area contributed by atoms with E-state index in [0.717, 1.165) is 31.0 Å². The Morgan fingerprint density at radius 3 is 2.38 bits per heavy atom. The van der Waals surface area contributed by atoms with E-state index in [9.17, 15) is 0 Å². The molecule has 2 aliphatic rings. The first-order chi connectivity index (χ1) is 12.7. The molecule has 0 amide bonds. The number of hydrogen-bond acceptors (Lipinski definition) is 5. The molecule has 4 rings (SSSR count). The maximum Gasteiger partial charge on any atom is 0.121 e. The van der Waals surface area contributed by atoms with Crippen molar-refractivity contribution in [3.63, 3.8) is 0 Å². The van der Waals surface area contributed by atoms with Crippen molar-refractivity contribution >= 4 is 10.9 Å². The van der Waals surface area contributed by atoms with E-state index in [1.807, 2.05) is 0 Å². The quantitative estimate of drug-likeness (QED) is 0.844. The van der Waals surface area contributed by atoms with Crippen molar-refractivity contribution in [3.05, 3.63) is 30.2 Å². The summed E-state index contributed by atoms with van der Waals surface area (Å²) in [5.41, 5.74) is 2.22. The molecule has 0 spiro atoms. The average molecular weight is 354 g/mol. The van der Waals surface area contributed by atoms with Gasteiger partial charge < -0.3 is 14.5 Å². The Labute approximate surface area is 156 Å². The van der Waals surface area contributed by atoms with Crippen molar-refractivity contribution in [1.82, 2.24) is 19.8 Å². The molecule has 2 saturated heterocycles. The van der Waals surface area contributed by atoms with Crippen molar-refractivity contribution in [3.8, 4) is 5.75 Å². The molecule has 26 heavy (non-hydrogen) atoms. The lowest BCUT2D eigenvalue weighted by molar-refractivity contribution is 0.160. The number of aromatic nitrogens is 2. The fourth-order valence-electron chi connectivity index (χ4n) is 4.20. The van der Waals surface area contributed by atoms with Crippen molar-refractivity contribution in [2.45, 2.75) is 31.6 Å². The van der Waals surface area contributed by atoms with Crippen LogP contribution in [0.5, 0.6) is 5.75 Å². The minimum atomic E-state index is 0.544. The first-order valence-electron chi connectivity index (χ1n) is 9.93. The van der Waals surface area contributed by atoms with Gasteiger partial charge in [-0.2, -0.15) is 0 Å². The number of benzene rings is 1. The predicted molar refractivity (Wildman–Crippen MR) is 105 cm³/mol. The Kier molecular flexibility index (Phi) is 5.36. The van der Waals surface area contributed by atoms with Gasteiger partial charge in [-0.1, -0.05) is 0 Å². The number of hydrogen-bond donors (Lipinski definition) is 0. The van der Waals surface area contributed by atoms with E-state index in [1.165, 1.54) is 49.9 Å². The van der Waals surface area contributed by atoms with Crippen LogP contribution in [-0.4, -0.2) is 66.6 Å². The van der Waals surface area contributed by atoms with E-state index in [2.05, 4.69) is 52.1 Å². The van der Waals surface area contributed by atoms with Crippen molar-refractivity contribution < 1.29 is 4.74 Å². The van der Waals surface area contributed by atoms with E-state index in [1.54, 1.807) is 6.33 Å². The number of nitrogens with zero attached hydrogens (tertiary/aromatic N) is 4. The molecule has 140 valence electrons. The molecule has 1 aromatic heterocycles. The lowest BCUT2D eigenvalue weighted by Crippen LogP contribution is -2.32. The zero-order chi connectivity index (χ0) is 17.9. The molecular formula is C21H30N4O. The van der Waals surface area contributed by atoms with Gasteiger partial charge in [0.1, 0.15) is 12.1 Å². The third-order valence-corrected chi connectivity index (χ3v) is 6.07. The van der Waals surface area contributed by atoms with Crippen LogP contribution in [0.15, 0.2) is 24.5 Å².